The van der Waals surface area contributed by atoms with Crippen LogP contribution in [0.25, 0.3) is 11.1 Å². The van der Waals surface area contributed by atoms with Crippen molar-refractivity contribution >= 4 is 22.7 Å². The molecule has 0 radical (unpaired) electrons. The molecule has 2 aromatic rings. The van der Waals surface area contributed by atoms with E-state index in [9.17, 15) is 0 Å². The quantitative estimate of drug-likeness (QED) is 0.724. The lowest BCUT2D eigenvalue weighted by molar-refractivity contribution is 0.474. The Bertz CT molecular complexity index is 485. The smallest absolute Gasteiger partial charge is 0.198 e. The van der Waals surface area contributed by atoms with E-state index >= 15 is 0 Å². The molecule has 0 unspecified atom stereocenters. The zero-order valence-corrected chi connectivity index (χ0v) is 9.13. The summed E-state index contributed by atoms with van der Waals surface area (Å²) in [6.07, 6.45) is 4.98. The molecule has 3 heteroatoms. The Hall–Kier alpha value is -1.02. The number of oxazole rings is 1. The van der Waals surface area contributed by atoms with Crippen LogP contribution in [0.2, 0.25) is 5.02 Å². The van der Waals surface area contributed by atoms with Crippen LogP contribution in [0.1, 0.15) is 37.5 Å². The Balaban J connectivity index is 2.09. The van der Waals surface area contributed by atoms with Crippen molar-refractivity contribution in [1.82, 2.24) is 4.98 Å². The minimum Gasteiger partial charge on any atom is -0.439 e. The van der Waals surface area contributed by atoms with Crippen LogP contribution in [-0.4, -0.2) is 4.98 Å². The number of hydrogen-bond acceptors (Lipinski definition) is 2. The molecule has 1 aliphatic rings. The van der Waals surface area contributed by atoms with Crippen molar-refractivity contribution in [1.29, 1.82) is 0 Å². The van der Waals surface area contributed by atoms with Gasteiger partial charge < -0.3 is 4.42 Å². The van der Waals surface area contributed by atoms with Gasteiger partial charge in [-0.05, 0) is 25.0 Å². The van der Waals surface area contributed by atoms with E-state index in [2.05, 4.69) is 4.98 Å². The van der Waals surface area contributed by atoms with Gasteiger partial charge in [0.1, 0.15) is 5.52 Å². The van der Waals surface area contributed by atoms with Crippen LogP contribution in [0.5, 0.6) is 0 Å². The van der Waals surface area contributed by atoms with Crippen molar-refractivity contribution in [3.05, 3.63) is 29.1 Å². The van der Waals surface area contributed by atoms with Crippen LogP contribution < -0.4 is 0 Å². The summed E-state index contributed by atoms with van der Waals surface area (Å²) in [4.78, 5) is 4.50. The summed E-state index contributed by atoms with van der Waals surface area (Å²) in [7, 11) is 0. The molecule has 3 rings (SSSR count). The highest BCUT2D eigenvalue weighted by Gasteiger charge is 2.22. The van der Waals surface area contributed by atoms with Gasteiger partial charge in [-0.1, -0.05) is 30.5 Å². The lowest BCUT2D eigenvalue weighted by Gasteiger charge is -2.00. The molecule has 1 saturated carbocycles. The van der Waals surface area contributed by atoms with Gasteiger partial charge in [0.15, 0.2) is 11.5 Å². The highest BCUT2D eigenvalue weighted by atomic mass is 35.5. The highest BCUT2D eigenvalue weighted by Crippen LogP contribution is 2.36. The van der Waals surface area contributed by atoms with Crippen molar-refractivity contribution in [2.45, 2.75) is 31.6 Å². The van der Waals surface area contributed by atoms with Gasteiger partial charge in [-0.3, -0.25) is 0 Å². The van der Waals surface area contributed by atoms with E-state index in [1.807, 2.05) is 18.2 Å². The Morgan fingerprint density at radius 1 is 1.27 bits per heavy atom. The Kier molecular flexibility index (Phi) is 2.17. The van der Waals surface area contributed by atoms with Gasteiger partial charge in [0.25, 0.3) is 0 Å². The number of halogens is 1. The van der Waals surface area contributed by atoms with Gasteiger partial charge in [0.2, 0.25) is 0 Å². The number of aromatic nitrogens is 1. The fraction of sp³-hybridized carbons (Fsp3) is 0.417. The molecular weight excluding hydrogens is 210 g/mol. The lowest BCUT2D eigenvalue weighted by Crippen LogP contribution is -1.90. The predicted octanol–water partition coefficient (Wildman–Crippen LogP) is 4.14. The van der Waals surface area contributed by atoms with E-state index in [-0.39, 0.29) is 0 Å². The summed E-state index contributed by atoms with van der Waals surface area (Å²) in [5.41, 5.74) is 1.62. The molecular formula is C12H12ClNO. The molecule has 1 heterocycles. The summed E-state index contributed by atoms with van der Waals surface area (Å²) >= 11 is 6.04. The first kappa shape index (κ1) is 9.22. The molecule has 78 valence electrons. The fourth-order valence-electron chi connectivity index (χ4n) is 2.28. The number of rotatable bonds is 1. The Morgan fingerprint density at radius 2 is 2.07 bits per heavy atom. The monoisotopic (exact) mass is 221 g/mol. The van der Waals surface area contributed by atoms with Crippen LogP contribution in [0.3, 0.4) is 0 Å². The number of hydrogen-bond donors (Lipinski definition) is 0. The molecule has 0 bridgehead atoms. The lowest BCUT2D eigenvalue weighted by atomic mass is 10.1. The standard InChI is InChI=1S/C12H12ClNO/c13-9-6-3-7-10-11(9)15-12(14-10)8-4-1-2-5-8/h3,6-8H,1-2,4-5H2. The molecule has 2 nitrogen and oxygen atoms in total. The van der Waals surface area contributed by atoms with Crippen molar-refractivity contribution in [3.63, 3.8) is 0 Å². The Morgan fingerprint density at radius 3 is 2.80 bits per heavy atom. The molecule has 0 saturated heterocycles. The topological polar surface area (TPSA) is 26.0 Å². The van der Waals surface area contributed by atoms with E-state index in [1.54, 1.807) is 0 Å². The second-order valence-electron chi connectivity index (χ2n) is 4.12. The van der Waals surface area contributed by atoms with Crippen LogP contribution in [0, 0.1) is 0 Å². The molecule has 1 aliphatic carbocycles. The van der Waals surface area contributed by atoms with E-state index in [0.717, 1.165) is 17.0 Å². The highest BCUT2D eigenvalue weighted by molar-refractivity contribution is 6.34. The molecule has 0 amide bonds. The molecule has 0 atom stereocenters. The minimum atomic E-state index is 0.508. The van der Waals surface area contributed by atoms with Crippen molar-refractivity contribution in [2.24, 2.45) is 0 Å². The maximum absolute atomic E-state index is 6.04. The first-order valence-corrected chi connectivity index (χ1v) is 5.77. The Labute approximate surface area is 93.2 Å². The maximum Gasteiger partial charge on any atom is 0.198 e. The summed E-state index contributed by atoms with van der Waals surface area (Å²) in [5, 5.41) is 0.657. The first-order chi connectivity index (χ1) is 7.34. The molecule has 1 aromatic heterocycles. The largest absolute Gasteiger partial charge is 0.439 e. The van der Waals surface area contributed by atoms with Crippen molar-refractivity contribution in [2.75, 3.05) is 0 Å². The summed E-state index contributed by atoms with van der Waals surface area (Å²) < 4.78 is 5.74. The van der Waals surface area contributed by atoms with Crippen LogP contribution in [0.4, 0.5) is 0 Å². The average molecular weight is 222 g/mol. The van der Waals surface area contributed by atoms with Gasteiger partial charge >= 0.3 is 0 Å². The van der Waals surface area contributed by atoms with Crippen LogP contribution >= 0.6 is 11.6 Å². The van der Waals surface area contributed by atoms with Crippen LogP contribution in [0.15, 0.2) is 22.6 Å². The fourth-order valence-corrected chi connectivity index (χ4v) is 2.49. The molecule has 1 fully saturated rings. The molecule has 0 spiro atoms. The number of para-hydroxylation sites is 1. The normalized spacial score (nSPS) is 17.7. The maximum atomic E-state index is 6.04. The van der Waals surface area contributed by atoms with Crippen molar-refractivity contribution in [3.8, 4) is 0 Å². The van der Waals surface area contributed by atoms with E-state index in [0.29, 0.717) is 10.9 Å². The molecule has 1 aromatic carbocycles. The number of nitrogens with zero attached hydrogens (tertiary/aromatic N) is 1. The second-order valence-corrected chi connectivity index (χ2v) is 4.53. The summed E-state index contributed by atoms with van der Waals surface area (Å²) in [5.74, 6) is 1.38. The number of benzene rings is 1. The SMILES string of the molecule is Clc1cccc2nc(C3CCCC3)oc12. The molecule has 0 N–H and O–H groups in total. The van der Waals surface area contributed by atoms with E-state index in [4.69, 9.17) is 16.0 Å². The second kappa shape index (κ2) is 3.53. The third kappa shape index (κ3) is 1.53. The van der Waals surface area contributed by atoms with E-state index < -0.39 is 0 Å². The third-order valence-corrected chi connectivity index (χ3v) is 3.39. The van der Waals surface area contributed by atoms with Gasteiger partial charge in [-0.2, -0.15) is 0 Å². The molecule has 0 aliphatic heterocycles. The van der Waals surface area contributed by atoms with Crippen molar-refractivity contribution < 1.29 is 4.42 Å². The minimum absolute atomic E-state index is 0.508. The van der Waals surface area contributed by atoms with Gasteiger partial charge in [-0.15, -0.1) is 0 Å². The van der Waals surface area contributed by atoms with Gasteiger partial charge in [-0.25, -0.2) is 4.98 Å². The van der Waals surface area contributed by atoms with E-state index in [1.165, 1.54) is 25.7 Å². The van der Waals surface area contributed by atoms with Gasteiger partial charge in [0.05, 0.1) is 5.02 Å². The molecule has 15 heavy (non-hydrogen) atoms. The first-order valence-electron chi connectivity index (χ1n) is 5.39. The average Bonchev–Trinajstić information content (AvgIpc) is 2.86. The predicted molar refractivity (Wildman–Crippen MR) is 60.2 cm³/mol. The van der Waals surface area contributed by atoms with Crippen LogP contribution in [-0.2, 0) is 0 Å². The number of fused-ring (bicyclic) bond motifs is 1. The summed E-state index contributed by atoms with van der Waals surface area (Å²) in [6, 6.07) is 5.70. The third-order valence-electron chi connectivity index (χ3n) is 3.09. The summed E-state index contributed by atoms with van der Waals surface area (Å²) in [6.45, 7) is 0. The zero-order chi connectivity index (χ0) is 10.3. The van der Waals surface area contributed by atoms with Gasteiger partial charge in [0, 0.05) is 5.92 Å². The zero-order valence-electron chi connectivity index (χ0n) is 8.37.